The predicted octanol–water partition coefficient (Wildman–Crippen LogP) is 2.13. The third-order valence-corrected chi connectivity index (χ3v) is 4.02. The standard InChI is InChI=1S/C16H19N3O3/c1-2-22-15(20)14-13(17-10-16(21)8-5-9-16)11-6-3-4-7-12(11)18-19-14/h3-4,6-7,21H,2,5,8-10H2,1H3,(H,17,18). The first kappa shape index (κ1) is 14.7. The van der Waals surface area contributed by atoms with Crippen molar-refractivity contribution in [3.8, 4) is 0 Å². The van der Waals surface area contributed by atoms with Gasteiger partial charge in [0.15, 0.2) is 5.69 Å². The molecule has 0 spiro atoms. The van der Waals surface area contributed by atoms with Crippen molar-refractivity contribution in [1.29, 1.82) is 0 Å². The molecule has 1 heterocycles. The second kappa shape index (κ2) is 5.88. The third kappa shape index (κ3) is 2.74. The largest absolute Gasteiger partial charge is 0.461 e. The molecule has 0 amide bonds. The van der Waals surface area contributed by atoms with Gasteiger partial charge in [-0.25, -0.2) is 4.79 Å². The molecule has 1 aromatic carbocycles. The van der Waals surface area contributed by atoms with Crippen molar-refractivity contribution in [1.82, 2.24) is 10.2 Å². The molecule has 0 radical (unpaired) electrons. The molecule has 1 aliphatic carbocycles. The molecule has 6 nitrogen and oxygen atoms in total. The van der Waals surface area contributed by atoms with Crippen LogP contribution in [-0.4, -0.2) is 40.0 Å². The molecule has 22 heavy (non-hydrogen) atoms. The molecule has 1 saturated carbocycles. The minimum atomic E-state index is -0.698. The van der Waals surface area contributed by atoms with Gasteiger partial charge in [0.2, 0.25) is 0 Å². The summed E-state index contributed by atoms with van der Waals surface area (Å²) in [6.45, 7) is 2.41. The van der Waals surface area contributed by atoms with Crippen LogP contribution in [0.25, 0.3) is 10.9 Å². The van der Waals surface area contributed by atoms with Crippen LogP contribution in [0.5, 0.6) is 0 Å². The molecule has 0 atom stereocenters. The number of aromatic nitrogens is 2. The van der Waals surface area contributed by atoms with Gasteiger partial charge in [-0.1, -0.05) is 18.2 Å². The van der Waals surface area contributed by atoms with Gasteiger partial charge >= 0.3 is 5.97 Å². The Hall–Kier alpha value is -2.21. The fraction of sp³-hybridized carbons (Fsp3) is 0.438. The molecule has 116 valence electrons. The minimum Gasteiger partial charge on any atom is -0.461 e. The highest BCUT2D eigenvalue weighted by atomic mass is 16.5. The van der Waals surface area contributed by atoms with Gasteiger partial charge in [0.05, 0.1) is 23.4 Å². The van der Waals surface area contributed by atoms with Crippen molar-refractivity contribution < 1.29 is 14.6 Å². The molecular formula is C16H19N3O3. The molecular weight excluding hydrogens is 282 g/mol. The van der Waals surface area contributed by atoms with Gasteiger partial charge in [-0.3, -0.25) is 0 Å². The molecule has 0 bridgehead atoms. The lowest BCUT2D eigenvalue weighted by Crippen LogP contribution is -2.43. The zero-order valence-electron chi connectivity index (χ0n) is 12.5. The normalized spacial score (nSPS) is 16.1. The molecule has 1 aliphatic rings. The highest BCUT2D eigenvalue weighted by Crippen LogP contribution is 2.33. The summed E-state index contributed by atoms with van der Waals surface area (Å²) in [5.74, 6) is -0.510. The van der Waals surface area contributed by atoms with E-state index in [-0.39, 0.29) is 12.3 Å². The maximum absolute atomic E-state index is 12.1. The Morgan fingerprint density at radius 2 is 2.14 bits per heavy atom. The van der Waals surface area contributed by atoms with E-state index in [0.717, 1.165) is 24.6 Å². The summed E-state index contributed by atoms with van der Waals surface area (Å²) in [6.07, 6.45) is 2.56. The average Bonchev–Trinajstić information content (AvgIpc) is 2.50. The lowest BCUT2D eigenvalue weighted by atomic mass is 9.80. The van der Waals surface area contributed by atoms with Crippen molar-refractivity contribution in [3.63, 3.8) is 0 Å². The van der Waals surface area contributed by atoms with Crippen LogP contribution in [0.3, 0.4) is 0 Å². The number of nitrogens with one attached hydrogen (secondary N) is 1. The van der Waals surface area contributed by atoms with Crippen LogP contribution in [0.2, 0.25) is 0 Å². The Morgan fingerprint density at radius 3 is 2.82 bits per heavy atom. The summed E-state index contributed by atoms with van der Waals surface area (Å²) in [5.41, 5.74) is 0.725. The van der Waals surface area contributed by atoms with E-state index in [1.807, 2.05) is 24.3 Å². The number of aliphatic hydroxyl groups is 1. The third-order valence-electron chi connectivity index (χ3n) is 4.02. The second-order valence-corrected chi connectivity index (χ2v) is 5.59. The van der Waals surface area contributed by atoms with Gasteiger partial charge in [0.25, 0.3) is 0 Å². The first-order valence-corrected chi connectivity index (χ1v) is 7.52. The van der Waals surface area contributed by atoms with Gasteiger partial charge in [0.1, 0.15) is 0 Å². The monoisotopic (exact) mass is 301 g/mol. The molecule has 1 fully saturated rings. The first-order valence-electron chi connectivity index (χ1n) is 7.52. The molecule has 0 saturated heterocycles. The maximum atomic E-state index is 12.1. The number of hydrogen-bond donors (Lipinski definition) is 2. The van der Waals surface area contributed by atoms with Gasteiger partial charge < -0.3 is 15.2 Å². The molecule has 0 aliphatic heterocycles. The molecule has 2 aromatic rings. The Balaban J connectivity index is 1.98. The van der Waals surface area contributed by atoms with Crippen molar-refractivity contribution in [3.05, 3.63) is 30.0 Å². The number of esters is 1. The van der Waals surface area contributed by atoms with Crippen LogP contribution in [0.1, 0.15) is 36.7 Å². The second-order valence-electron chi connectivity index (χ2n) is 5.59. The number of fused-ring (bicyclic) bond motifs is 1. The topological polar surface area (TPSA) is 84.3 Å². The summed E-state index contributed by atoms with van der Waals surface area (Å²) in [7, 11) is 0. The number of hydrogen-bond acceptors (Lipinski definition) is 6. The van der Waals surface area contributed by atoms with E-state index in [0.29, 0.717) is 17.7 Å². The van der Waals surface area contributed by atoms with Crippen molar-refractivity contribution >= 4 is 22.6 Å². The summed E-state index contributed by atoms with van der Waals surface area (Å²) in [5, 5.41) is 22.3. The Bertz CT molecular complexity index is 698. The van der Waals surface area contributed by atoms with Crippen LogP contribution < -0.4 is 5.32 Å². The number of nitrogens with zero attached hydrogens (tertiary/aromatic N) is 2. The number of benzene rings is 1. The van der Waals surface area contributed by atoms with Crippen LogP contribution in [-0.2, 0) is 4.74 Å². The molecule has 3 rings (SSSR count). The van der Waals surface area contributed by atoms with E-state index >= 15 is 0 Å². The first-order chi connectivity index (χ1) is 10.6. The maximum Gasteiger partial charge on any atom is 0.361 e. The lowest BCUT2D eigenvalue weighted by Gasteiger charge is -2.37. The van der Waals surface area contributed by atoms with Gasteiger partial charge in [-0.05, 0) is 32.3 Å². The number of rotatable bonds is 5. The van der Waals surface area contributed by atoms with Gasteiger partial charge in [-0.2, -0.15) is 0 Å². The van der Waals surface area contributed by atoms with Gasteiger partial charge in [-0.15, -0.1) is 10.2 Å². The quantitative estimate of drug-likeness (QED) is 0.823. The lowest BCUT2D eigenvalue weighted by molar-refractivity contribution is -0.0202. The molecule has 0 unspecified atom stereocenters. The highest BCUT2D eigenvalue weighted by Gasteiger charge is 2.34. The van der Waals surface area contributed by atoms with Crippen molar-refractivity contribution in [2.75, 3.05) is 18.5 Å². The minimum absolute atomic E-state index is 0.156. The van der Waals surface area contributed by atoms with E-state index in [4.69, 9.17) is 4.74 Å². The van der Waals surface area contributed by atoms with Gasteiger partial charge in [0, 0.05) is 11.9 Å². The van der Waals surface area contributed by atoms with E-state index in [9.17, 15) is 9.90 Å². The van der Waals surface area contributed by atoms with Crippen LogP contribution in [0.4, 0.5) is 5.69 Å². The Labute approximate surface area is 128 Å². The zero-order chi connectivity index (χ0) is 15.6. The number of carbonyl (C=O) groups is 1. The SMILES string of the molecule is CCOC(=O)c1nnc2ccccc2c1NCC1(O)CCC1. The number of anilines is 1. The summed E-state index contributed by atoms with van der Waals surface area (Å²) >= 11 is 0. The Kier molecular flexibility index (Phi) is 3.94. The number of carbonyl (C=O) groups excluding carboxylic acids is 1. The van der Waals surface area contributed by atoms with Crippen LogP contribution in [0.15, 0.2) is 24.3 Å². The fourth-order valence-electron chi connectivity index (χ4n) is 2.59. The summed E-state index contributed by atoms with van der Waals surface area (Å²) < 4.78 is 5.05. The van der Waals surface area contributed by atoms with Crippen LogP contribution >= 0.6 is 0 Å². The van der Waals surface area contributed by atoms with Crippen molar-refractivity contribution in [2.24, 2.45) is 0 Å². The fourth-order valence-corrected chi connectivity index (χ4v) is 2.59. The van der Waals surface area contributed by atoms with E-state index in [1.165, 1.54) is 0 Å². The average molecular weight is 301 g/mol. The highest BCUT2D eigenvalue weighted by molar-refractivity contribution is 6.03. The molecule has 2 N–H and O–H groups in total. The van der Waals surface area contributed by atoms with Crippen molar-refractivity contribution in [2.45, 2.75) is 31.8 Å². The van der Waals surface area contributed by atoms with E-state index < -0.39 is 11.6 Å². The Morgan fingerprint density at radius 1 is 1.36 bits per heavy atom. The predicted molar refractivity (Wildman–Crippen MR) is 82.8 cm³/mol. The van der Waals surface area contributed by atoms with E-state index in [1.54, 1.807) is 6.92 Å². The zero-order valence-corrected chi connectivity index (χ0v) is 12.5. The van der Waals surface area contributed by atoms with Crippen LogP contribution in [0, 0.1) is 0 Å². The molecule has 1 aromatic heterocycles. The smallest absolute Gasteiger partial charge is 0.361 e. The summed E-state index contributed by atoms with van der Waals surface area (Å²) in [6, 6.07) is 7.45. The molecule has 6 heteroatoms. The van der Waals surface area contributed by atoms with E-state index in [2.05, 4.69) is 15.5 Å². The summed E-state index contributed by atoms with van der Waals surface area (Å²) in [4.78, 5) is 12.1. The number of ether oxygens (including phenoxy) is 1.